The molecule has 0 aromatic carbocycles. The van der Waals surface area contributed by atoms with Crippen molar-refractivity contribution in [3.8, 4) is 0 Å². The second kappa shape index (κ2) is 7.14. The fraction of sp³-hybridized carbons (Fsp3) is 0.833. The Kier molecular flexibility index (Phi) is 5.80. The van der Waals surface area contributed by atoms with E-state index in [-0.39, 0.29) is 18.5 Å². The molecule has 1 unspecified atom stereocenters. The second-order valence-corrected chi connectivity index (χ2v) is 4.84. The Morgan fingerprint density at radius 2 is 2.00 bits per heavy atom. The molecular formula is C12H22N2O3. The lowest BCUT2D eigenvalue weighted by Crippen LogP contribution is -2.42. The van der Waals surface area contributed by atoms with Gasteiger partial charge in [0.25, 0.3) is 0 Å². The third kappa shape index (κ3) is 6.14. The Morgan fingerprint density at radius 3 is 2.59 bits per heavy atom. The highest BCUT2D eigenvalue weighted by atomic mass is 16.4. The molecule has 1 fully saturated rings. The fourth-order valence-electron chi connectivity index (χ4n) is 2.28. The monoisotopic (exact) mass is 242 g/mol. The molecule has 5 nitrogen and oxygen atoms in total. The van der Waals surface area contributed by atoms with Gasteiger partial charge < -0.3 is 15.7 Å². The normalized spacial score (nSPS) is 17.7. The van der Waals surface area contributed by atoms with E-state index in [1.165, 1.54) is 25.7 Å². The molecule has 0 aromatic heterocycles. The number of urea groups is 1. The van der Waals surface area contributed by atoms with Crippen LogP contribution in [0.3, 0.4) is 0 Å². The molecule has 1 atom stereocenters. The number of nitrogens with one attached hydrogen (secondary N) is 2. The SMILES string of the molecule is CC(CC(=O)O)NC(=O)NCCC1CCCC1. The Labute approximate surface area is 102 Å². The number of aliphatic carboxylic acids is 1. The molecule has 1 aliphatic carbocycles. The fourth-order valence-corrected chi connectivity index (χ4v) is 2.28. The first kappa shape index (κ1) is 13.8. The average Bonchev–Trinajstić information content (AvgIpc) is 2.68. The molecule has 3 N–H and O–H groups in total. The summed E-state index contributed by atoms with van der Waals surface area (Å²) in [5.41, 5.74) is 0. The standard InChI is InChI=1S/C12H22N2O3/c1-9(8-11(15)16)14-12(17)13-7-6-10-4-2-3-5-10/h9-10H,2-8H2,1H3,(H,15,16)(H2,13,14,17). The molecule has 5 heteroatoms. The summed E-state index contributed by atoms with van der Waals surface area (Å²) in [6.07, 6.45) is 6.16. The lowest BCUT2D eigenvalue weighted by molar-refractivity contribution is -0.137. The van der Waals surface area contributed by atoms with Crippen molar-refractivity contribution >= 4 is 12.0 Å². The molecule has 2 amide bonds. The van der Waals surface area contributed by atoms with Gasteiger partial charge in [-0.15, -0.1) is 0 Å². The number of carbonyl (C=O) groups is 2. The van der Waals surface area contributed by atoms with Crippen molar-refractivity contribution in [3.63, 3.8) is 0 Å². The smallest absolute Gasteiger partial charge is 0.315 e. The van der Waals surface area contributed by atoms with Crippen molar-refractivity contribution in [2.24, 2.45) is 5.92 Å². The molecule has 0 saturated heterocycles. The van der Waals surface area contributed by atoms with Gasteiger partial charge in [-0.05, 0) is 19.3 Å². The van der Waals surface area contributed by atoms with Crippen LogP contribution in [0.1, 0.15) is 45.4 Å². The van der Waals surface area contributed by atoms with Crippen LogP contribution in [0.25, 0.3) is 0 Å². The van der Waals surface area contributed by atoms with Crippen LogP contribution in [0.4, 0.5) is 4.79 Å². The first-order chi connectivity index (χ1) is 8.08. The molecule has 1 rings (SSSR count). The van der Waals surface area contributed by atoms with E-state index in [4.69, 9.17) is 5.11 Å². The van der Waals surface area contributed by atoms with E-state index in [0.717, 1.165) is 12.3 Å². The predicted octanol–water partition coefficient (Wildman–Crippen LogP) is 1.73. The molecule has 0 spiro atoms. The zero-order chi connectivity index (χ0) is 12.7. The van der Waals surface area contributed by atoms with Crippen LogP contribution >= 0.6 is 0 Å². The zero-order valence-corrected chi connectivity index (χ0v) is 10.4. The number of carboxylic acid groups (broad SMARTS) is 1. The number of rotatable bonds is 6. The lowest BCUT2D eigenvalue weighted by atomic mass is 10.0. The lowest BCUT2D eigenvalue weighted by Gasteiger charge is -2.14. The molecule has 1 saturated carbocycles. The summed E-state index contributed by atoms with van der Waals surface area (Å²) >= 11 is 0. The second-order valence-electron chi connectivity index (χ2n) is 4.84. The van der Waals surface area contributed by atoms with E-state index in [1.807, 2.05) is 0 Å². The topological polar surface area (TPSA) is 78.4 Å². The molecule has 17 heavy (non-hydrogen) atoms. The molecule has 98 valence electrons. The molecule has 0 aliphatic heterocycles. The summed E-state index contributed by atoms with van der Waals surface area (Å²) in [7, 11) is 0. The van der Waals surface area contributed by atoms with Crippen LogP contribution in [-0.4, -0.2) is 29.7 Å². The van der Waals surface area contributed by atoms with Crippen molar-refractivity contribution in [1.29, 1.82) is 0 Å². The van der Waals surface area contributed by atoms with Crippen LogP contribution in [0.15, 0.2) is 0 Å². The molecule has 0 heterocycles. The first-order valence-electron chi connectivity index (χ1n) is 6.34. The highest BCUT2D eigenvalue weighted by molar-refractivity contribution is 5.75. The van der Waals surface area contributed by atoms with Gasteiger partial charge in [0.15, 0.2) is 0 Å². The highest BCUT2D eigenvalue weighted by Gasteiger charge is 2.15. The van der Waals surface area contributed by atoms with Gasteiger partial charge in [0.2, 0.25) is 0 Å². The molecule has 0 radical (unpaired) electrons. The number of amides is 2. The van der Waals surface area contributed by atoms with E-state index in [9.17, 15) is 9.59 Å². The third-order valence-corrected chi connectivity index (χ3v) is 3.17. The Bertz CT molecular complexity index is 262. The Morgan fingerprint density at radius 1 is 1.35 bits per heavy atom. The van der Waals surface area contributed by atoms with E-state index in [0.29, 0.717) is 6.54 Å². The highest BCUT2D eigenvalue weighted by Crippen LogP contribution is 2.26. The van der Waals surface area contributed by atoms with Crippen LogP contribution in [-0.2, 0) is 4.79 Å². The predicted molar refractivity (Wildman–Crippen MR) is 64.8 cm³/mol. The van der Waals surface area contributed by atoms with Crippen LogP contribution in [0, 0.1) is 5.92 Å². The van der Waals surface area contributed by atoms with E-state index >= 15 is 0 Å². The largest absolute Gasteiger partial charge is 0.481 e. The van der Waals surface area contributed by atoms with Crippen LogP contribution in [0.2, 0.25) is 0 Å². The van der Waals surface area contributed by atoms with E-state index < -0.39 is 5.97 Å². The average molecular weight is 242 g/mol. The summed E-state index contributed by atoms with van der Waals surface area (Å²) in [6.45, 7) is 2.36. The number of hydrogen-bond donors (Lipinski definition) is 3. The Hall–Kier alpha value is -1.26. The van der Waals surface area contributed by atoms with Gasteiger partial charge in [0, 0.05) is 12.6 Å². The van der Waals surface area contributed by atoms with Crippen LogP contribution < -0.4 is 10.6 Å². The van der Waals surface area contributed by atoms with E-state index in [2.05, 4.69) is 10.6 Å². The van der Waals surface area contributed by atoms with Crippen LogP contribution in [0.5, 0.6) is 0 Å². The number of carboxylic acids is 1. The summed E-state index contributed by atoms with van der Waals surface area (Å²) < 4.78 is 0. The van der Waals surface area contributed by atoms with Crippen molar-refractivity contribution in [2.45, 2.75) is 51.5 Å². The van der Waals surface area contributed by atoms with Gasteiger partial charge in [0.1, 0.15) is 0 Å². The molecule has 1 aliphatic rings. The zero-order valence-electron chi connectivity index (χ0n) is 10.4. The maximum absolute atomic E-state index is 11.4. The number of carbonyl (C=O) groups excluding carboxylic acids is 1. The van der Waals surface area contributed by atoms with Gasteiger partial charge in [-0.1, -0.05) is 25.7 Å². The quantitative estimate of drug-likeness (QED) is 0.663. The minimum absolute atomic E-state index is 0.0456. The maximum atomic E-state index is 11.4. The van der Waals surface area contributed by atoms with Crippen molar-refractivity contribution in [2.75, 3.05) is 6.54 Å². The van der Waals surface area contributed by atoms with Gasteiger partial charge in [-0.2, -0.15) is 0 Å². The van der Waals surface area contributed by atoms with Gasteiger partial charge in [-0.3, -0.25) is 4.79 Å². The molecular weight excluding hydrogens is 220 g/mol. The molecule has 0 bridgehead atoms. The number of hydrogen-bond acceptors (Lipinski definition) is 2. The van der Waals surface area contributed by atoms with Gasteiger partial charge in [0.05, 0.1) is 6.42 Å². The minimum atomic E-state index is -0.899. The summed E-state index contributed by atoms with van der Waals surface area (Å²) in [5, 5.41) is 13.9. The van der Waals surface area contributed by atoms with Gasteiger partial charge >= 0.3 is 12.0 Å². The van der Waals surface area contributed by atoms with Crippen molar-refractivity contribution in [3.05, 3.63) is 0 Å². The first-order valence-corrected chi connectivity index (χ1v) is 6.34. The minimum Gasteiger partial charge on any atom is -0.481 e. The Balaban J connectivity index is 2.05. The van der Waals surface area contributed by atoms with E-state index in [1.54, 1.807) is 6.92 Å². The summed E-state index contributed by atoms with van der Waals surface area (Å²) in [5.74, 6) is -0.143. The van der Waals surface area contributed by atoms with Crippen molar-refractivity contribution in [1.82, 2.24) is 10.6 Å². The summed E-state index contributed by atoms with van der Waals surface area (Å²) in [6, 6.07) is -0.601. The maximum Gasteiger partial charge on any atom is 0.315 e. The summed E-state index contributed by atoms with van der Waals surface area (Å²) in [4.78, 5) is 21.8. The third-order valence-electron chi connectivity index (χ3n) is 3.17. The molecule has 0 aromatic rings. The van der Waals surface area contributed by atoms with Crippen molar-refractivity contribution < 1.29 is 14.7 Å². The van der Waals surface area contributed by atoms with Gasteiger partial charge in [-0.25, -0.2) is 4.79 Å².